The molecular weight excluding hydrogens is 140 g/mol. The van der Waals surface area contributed by atoms with Gasteiger partial charge in [-0.15, -0.1) is 0 Å². The van der Waals surface area contributed by atoms with E-state index in [1.165, 1.54) is 6.34 Å². The van der Waals surface area contributed by atoms with Gasteiger partial charge in [0.25, 0.3) is 0 Å². The molecule has 0 saturated heterocycles. The van der Waals surface area contributed by atoms with Crippen LogP contribution in [0.15, 0.2) is 10.1 Å². The molecule has 4 heteroatoms. The third-order valence-electron chi connectivity index (χ3n) is 0.486. The Morgan fingerprint density at radius 2 is 2.44 bits per heavy atom. The fraction of sp³-hybridized carbons (Fsp3) is 0.600. The van der Waals surface area contributed by atoms with Gasteiger partial charge in [0.05, 0.1) is 0 Å². The van der Waals surface area contributed by atoms with Crippen LogP contribution in [-0.2, 0) is 4.84 Å². The molecule has 3 nitrogen and oxygen atoms in total. The first-order chi connectivity index (χ1) is 4.27. The topological polar surface area (TPSA) is 34.0 Å². The monoisotopic (exact) mass is 148 g/mol. The van der Waals surface area contributed by atoms with Crippen LogP contribution >= 0.6 is 11.6 Å². The van der Waals surface area contributed by atoms with E-state index in [9.17, 15) is 0 Å². The lowest BCUT2D eigenvalue weighted by atomic mass is 10.9. The quantitative estimate of drug-likeness (QED) is 0.340. The van der Waals surface area contributed by atoms with Gasteiger partial charge in [0.1, 0.15) is 11.8 Å². The second-order valence-electron chi connectivity index (χ2n) is 1.26. The average molecular weight is 149 g/mol. The molecule has 0 heterocycles. The molecular formula is C5H9ClN2O. The molecule has 0 aliphatic rings. The Morgan fingerprint density at radius 1 is 1.78 bits per heavy atom. The summed E-state index contributed by atoms with van der Waals surface area (Å²) in [4.78, 5) is 8.22. The highest BCUT2D eigenvalue weighted by atomic mass is 35.5. The molecule has 52 valence electrons. The Bertz CT molecular complexity index is 118. The van der Waals surface area contributed by atoms with Gasteiger partial charge in [-0.2, -0.15) is 0 Å². The number of oxime groups is 1. The predicted octanol–water partition coefficient (Wildman–Crippen LogP) is 1.62. The van der Waals surface area contributed by atoms with Gasteiger partial charge >= 0.3 is 0 Å². The van der Waals surface area contributed by atoms with Crippen LogP contribution < -0.4 is 0 Å². The Labute approximate surface area is 59.4 Å². The molecule has 0 aromatic rings. The average Bonchev–Trinajstić information content (AvgIpc) is 1.80. The first kappa shape index (κ1) is 8.43. The minimum atomic E-state index is 0.443. The molecule has 0 fully saturated rings. The summed E-state index contributed by atoms with van der Waals surface area (Å²) in [5.41, 5.74) is 0. The van der Waals surface area contributed by atoms with Crippen molar-refractivity contribution in [2.75, 3.05) is 6.61 Å². The fourth-order valence-corrected chi connectivity index (χ4v) is 0.255. The van der Waals surface area contributed by atoms with Gasteiger partial charge in [-0.05, 0) is 13.8 Å². The minimum Gasteiger partial charge on any atom is -0.395 e. The van der Waals surface area contributed by atoms with Crippen LogP contribution in [0.5, 0.6) is 0 Å². The Kier molecular flexibility index (Phi) is 5.21. The molecule has 0 spiro atoms. The van der Waals surface area contributed by atoms with Crippen molar-refractivity contribution >= 4 is 23.1 Å². The van der Waals surface area contributed by atoms with Gasteiger partial charge in [0, 0.05) is 0 Å². The Balaban J connectivity index is 3.35. The van der Waals surface area contributed by atoms with Gasteiger partial charge < -0.3 is 4.84 Å². The molecule has 0 atom stereocenters. The SMILES string of the molecule is CCO/N=C\N=C(C)Cl. The van der Waals surface area contributed by atoms with Crippen molar-refractivity contribution in [1.82, 2.24) is 0 Å². The van der Waals surface area contributed by atoms with Gasteiger partial charge in [0.2, 0.25) is 0 Å². The first-order valence-corrected chi connectivity index (χ1v) is 2.99. The third kappa shape index (κ3) is 7.43. The van der Waals surface area contributed by atoms with E-state index in [4.69, 9.17) is 11.6 Å². The van der Waals surface area contributed by atoms with E-state index in [0.29, 0.717) is 11.8 Å². The maximum absolute atomic E-state index is 5.36. The summed E-state index contributed by atoms with van der Waals surface area (Å²) in [6.45, 7) is 4.06. The second-order valence-corrected chi connectivity index (χ2v) is 1.81. The number of nitrogens with zero attached hydrogens (tertiary/aromatic N) is 2. The molecule has 0 rings (SSSR count). The maximum atomic E-state index is 5.36. The van der Waals surface area contributed by atoms with E-state index in [2.05, 4.69) is 15.0 Å². The lowest BCUT2D eigenvalue weighted by Gasteiger charge is -1.86. The third-order valence-corrected chi connectivity index (χ3v) is 0.584. The van der Waals surface area contributed by atoms with Crippen molar-refractivity contribution in [2.45, 2.75) is 13.8 Å². The normalized spacial score (nSPS) is 12.6. The number of halogens is 1. The second kappa shape index (κ2) is 5.56. The van der Waals surface area contributed by atoms with Gasteiger partial charge in [-0.25, -0.2) is 4.99 Å². The van der Waals surface area contributed by atoms with E-state index in [1.54, 1.807) is 6.92 Å². The van der Waals surface area contributed by atoms with Crippen molar-refractivity contribution in [2.24, 2.45) is 10.1 Å². The highest BCUT2D eigenvalue weighted by molar-refractivity contribution is 6.65. The van der Waals surface area contributed by atoms with Gasteiger partial charge in [-0.1, -0.05) is 16.8 Å². The minimum absolute atomic E-state index is 0.443. The molecule has 9 heavy (non-hydrogen) atoms. The van der Waals surface area contributed by atoms with Crippen LogP contribution in [0.25, 0.3) is 0 Å². The van der Waals surface area contributed by atoms with Crippen LogP contribution in [0.3, 0.4) is 0 Å². The summed E-state index contributed by atoms with van der Waals surface area (Å²) in [7, 11) is 0. The molecule has 0 unspecified atom stereocenters. The molecule has 0 bridgehead atoms. The van der Waals surface area contributed by atoms with Crippen molar-refractivity contribution in [3.63, 3.8) is 0 Å². The molecule has 0 N–H and O–H groups in total. The van der Waals surface area contributed by atoms with Gasteiger partial charge in [0.15, 0.2) is 6.34 Å². The molecule has 0 radical (unpaired) electrons. The summed E-state index contributed by atoms with van der Waals surface area (Å²) >= 11 is 5.36. The summed E-state index contributed by atoms with van der Waals surface area (Å²) < 4.78 is 0. The van der Waals surface area contributed by atoms with E-state index in [1.807, 2.05) is 6.92 Å². The Morgan fingerprint density at radius 3 is 2.89 bits per heavy atom. The fourth-order valence-electron chi connectivity index (χ4n) is 0.211. The molecule has 0 aliphatic carbocycles. The highest BCUT2D eigenvalue weighted by Gasteiger charge is 1.74. The molecule has 0 saturated carbocycles. The zero-order valence-corrected chi connectivity index (χ0v) is 6.22. The van der Waals surface area contributed by atoms with Crippen molar-refractivity contribution < 1.29 is 4.84 Å². The maximum Gasteiger partial charge on any atom is 0.156 e. The standard InChI is InChI=1S/C5H9ClN2O/c1-3-9-8-4-7-5(2)6/h4H,3H2,1-2H3/b7-5?,8-4-. The van der Waals surface area contributed by atoms with Crippen molar-refractivity contribution in [3.8, 4) is 0 Å². The first-order valence-electron chi connectivity index (χ1n) is 2.61. The molecule has 0 aromatic carbocycles. The molecule has 0 aromatic heterocycles. The number of hydrogen-bond donors (Lipinski definition) is 0. The predicted molar refractivity (Wildman–Crippen MR) is 39.1 cm³/mol. The van der Waals surface area contributed by atoms with Crippen LogP contribution in [0.2, 0.25) is 0 Å². The summed E-state index contributed by atoms with van der Waals surface area (Å²) in [5.74, 6) is 0. The smallest absolute Gasteiger partial charge is 0.156 e. The van der Waals surface area contributed by atoms with Crippen LogP contribution in [0.4, 0.5) is 0 Å². The van der Waals surface area contributed by atoms with E-state index < -0.39 is 0 Å². The summed E-state index contributed by atoms with van der Waals surface area (Å²) in [6.07, 6.45) is 1.27. The van der Waals surface area contributed by atoms with E-state index >= 15 is 0 Å². The van der Waals surface area contributed by atoms with E-state index in [0.717, 1.165) is 0 Å². The lowest BCUT2D eigenvalue weighted by molar-refractivity contribution is 0.160. The molecule has 0 amide bonds. The lowest BCUT2D eigenvalue weighted by Crippen LogP contribution is -1.80. The zero-order valence-electron chi connectivity index (χ0n) is 5.47. The number of aliphatic imine (C=N–C) groups is 1. The summed E-state index contributed by atoms with van der Waals surface area (Å²) in [6, 6.07) is 0. The van der Waals surface area contributed by atoms with Crippen LogP contribution in [-0.4, -0.2) is 18.1 Å². The zero-order chi connectivity index (χ0) is 7.11. The van der Waals surface area contributed by atoms with Gasteiger partial charge in [-0.3, -0.25) is 0 Å². The Hall–Kier alpha value is -0.570. The van der Waals surface area contributed by atoms with Crippen molar-refractivity contribution in [1.29, 1.82) is 0 Å². The number of hydrogen-bond acceptors (Lipinski definition) is 2. The summed E-state index contributed by atoms with van der Waals surface area (Å²) in [5, 5.41) is 3.88. The largest absolute Gasteiger partial charge is 0.395 e. The van der Waals surface area contributed by atoms with E-state index in [-0.39, 0.29) is 0 Å². The highest BCUT2D eigenvalue weighted by Crippen LogP contribution is 1.80. The number of rotatable bonds is 3. The van der Waals surface area contributed by atoms with Crippen LogP contribution in [0.1, 0.15) is 13.8 Å². The van der Waals surface area contributed by atoms with Crippen LogP contribution in [0, 0.1) is 0 Å². The molecule has 0 aliphatic heterocycles. The van der Waals surface area contributed by atoms with Crippen molar-refractivity contribution in [3.05, 3.63) is 0 Å².